The van der Waals surface area contributed by atoms with Crippen LogP contribution >= 0.6 is 0 Å². The minimum atomic E-state index is -0.504. The number of H-pyrrole nitrogens is 1. The molecule has 1 heterocycles. The van der Waals surface area contributed by atoms with Crippen LogP contribution in [0.1, 0.15) is 20.8 Å². The van der Waals surface area contributed by atoms with Crippen molar-refractivity contribution in [1.29, 1.82) is 0 Å². The van der Waals surface area contributed by atoms with Gasteiger partial charge in [0.05, 0.1) is 19.8 Å². The maximum Gasteiger partial charge on any atom is 0.426 e. The number of hydrogen-bond acceptors (Lipinski definition) is 6. The number of rotatable bonds is 9. The largest absolute Gasteiger partial charge is 0.444 e. The second-order valence-corrected chi connectivity index (χ2v) is 5.49. The van der Waals surface area contributed by atoms with E-state index in [1.54, 1.807) is 20.8 Å². The van der Waals surface area contributed by atoms with Gasteiger partial charge in [0.15, 0.2) is 6.54 Å². The van der Waals surface area contributed by atoms with Gasteiger partial charge in [0.25, 0.3) is 6.20 Å². The van der Waals surface area contributed by atoms with E-state index in [0.717, 1.165) is 0 Å². The first-order valence-electron chi connectivity index (χ1n) is 7.07. The molecule has 9 nitrogen and oxygen atoms in total. The Labute approximate surface area is 128 Å². The van der Waals surface area contributed by atoms with E-state index in [2.05, 4.69) is 15.1 Å². The van der Waals surface area contributed by atoms with Gasteiger partial charge in [-0.3, -0.25) is 4.52 Å². The average Bonchev–Trinajstić information content (AvgIpc) is 2.80. The smallest absolute Gasteiger partial charge is 0.426 e. The van der Waals surface area contributed by atoms with Crippen molar-refractivity contribution in [2.75, 3.05) is 33.0 Å². The third-order valence-corrected chi connectivity index (χ3v) is 2.29. The number of ether oxygens (including phenoxy) is 3. The summed E-state index contributed by atoms with van der Waals surface area (Å²) in [6.45, 7) is 7.93. The summed E-state index contributed by atoms with van der Waals surface area (Å²) in [7, 11) is 0. The highest BCUT2D eigenvalue weighted by Gasteiger charge is 2.15. The van der Waals surface area contributed by atoms with Gasteiger partial charge in [-0.15, -0.1) is 0 Å². The zero-order chi connectivity index (χ0) is 16.4. The summed E-state index contributed by atoms with van der Waals surface area (Å²) in [5.41, 5.74) is -0.934. The van der Waals surface area contributed by atoms with Gasteiger partial charge < -0.3 is 19.5 Å². The van der Waals surface area contributed by atoms with Gasteiger partial charge in [0.1, 0.15) is 12.2 Å². The summed E-state index contributed by atoms with van der Waals surface area (Å²) in [6.07, 6.45) is 0.848. The molecule has 0 aliphatic heterocycles. The monoisotopic (exact) mass is 318 g/mol. The van der Waals surface area contributed by atoms with Gasteiger partial charge in [0, 0.05) is 6.54 Å². The Kier molecular flexibility index (Phi) is 7.61. The molecule has 0 atom stereocenters. The van der Waals surface area contributed by atoms with Crippen LogP contribution in [0.15, 0.2) is 15.5 Å². The number of aromatic nitrogens is 2. The third kappa shape index (κ3) is 9.14. The number of carbonyl (C=O) groups is 1. The Bertz CT molecular complexity index is 490. The number of nitrogens with zero attached hydrogens (tertiary/aromatic N) is 1. The molecule has 0 saturated heterocycles. The normalized spacial score (nSPS) is 11.4. The first kappa shape index (κ1) is 18.2. The van der Waals surface area contributed by atoms with Crippen LogP contribution in [0.5, 0.6) is 0 Å². The molecule has 0 bridgehead atoms. The Morgan fingerprint density at radius 1 is 1.27 bits per heavy atom. The van der Waals surface area contributed by atoms with Gasteiger partial charge in [-0.05, 0) is 26.0 Å². The standard InChI is InChI=1S/C13H23N3O6/c1-13(2,3)21-12(18)14-4-6-19-8-9-20-7-5-16-10-11(17)22-15-16/h10H,4-9H2,1-3H3,(H-,14,15,17,18)/p+1. The van der Waals surface area contributed by atoms with Crippen LogP contribution in [-0.4, -0.2) is 49.9 Å². The summed E-state index contributed by atoms with van der Waals surface area (Å²) < 4.78 is 21.7. The average molecular weight is 318 g/mol. The topological polar surface area (TPSA) is 107 Å². The van der Waals surface area contributed by atoms with E-state index in [-0.39, 0.29) is 0 Å². The van der Waals surface area contributed by atoms with E-state index in [1.807, 2.05) is 0 Å². The molecule has 0 saturated carbocycles. The highest BCUT2D eigenvalue weighted by Crippen LogP contribution is 2.05. The van der Waals surface area contributed by atoms with Crippen LogP contribution in [0.25, 0.3) is 0 Å². The molecule has 0 radical (unpaired) electrons. The summed E-state index contributed by atoms with van der Waals surface area (Å²) in [4.78, 5) is 22.1. The number of nitrogens with one attached hydrogen (secondary N) is 2. The lowest BCUT2D eigenvalue weighted by atomic mass is 10.2. The SMILES string of the molecule is CC(C)(C)OC(=O)NCCOCCOCC[n+]1cc(=O)o[nH]1. The predicted molar refractivity (Wildman–Crippen MR) is 75.4 cm³/mol. The van der Waals surface area contributed by atoms with Crippen LogP contribution in [0.3, 0.4) is 0 Å². The van der Waals surface area contributed by atoms with Gasteiger partial charge >= 0.3 is 11.7 Å². The van der Waals surface area contributed by atoms with Crippen LogP contribution < -0.4 is 15.6 Å². The zero-order valence-corrected chi connectivity index (χ0v) is 13.2. The van der Waals surface area contributed by atoms with Crippen molar-refractivity contribution in [3.8, 4) is 0 Å². The molecule has 22 heavy (non-hydrogen) atoms. The van der Waals surface area contributed by atoms with Crippen LogP contribution in [0.2, 0.25) is 0 Å². The molecule has 0 spiro atoms. The fourth-order valence-corrected chi connectivity index (χ4v) is 1.42. The van der Waals surface area contributed by atoms with Crippen LogP contribution in [0, 0.1) is 0 Å². The van der Waals surface area contributed by atoms with Crippen LogP contribution in [-0.2, 0) is 20.8 Å². The number of alkyl carbamates (subject to hydrolysis) is 1. The predicted octanol–water partition coefficient (Wildman–Crippen LogP) is -0.187. The quantitative estimate of drug-likeness (QED) is 0.483. The number of carbonyl (C=O) groups excluding carboxylic acids is 1. The summed E-state index contributed by atoms with van der Waals surface area (Å²) in [5, 5.41) is 5.01. The minimum Gasteiger partial charge on any atom is -0.444 e. The second kappa shape index (κ2) is 9.21. The van der Waals surface area contributed by atoms with Crippen molar-refractivity contribution in [3.05, 3.63) is 16.6 Å². The summed E-state index contributed by atoms with van der Waals surface area (Å²) in [6, 6.07) is 0. The molecular weight excluding hydrogens is 294 g/mol. The van der Waals surface area contributed by atoms with E-state index in [4.69, 9.17) is 14.2 Å². The lowest BCUT2D eigenvalue weighted by molar-refractivity contribution is -0.763. The fraction of sp³-hybridized carbons (Fsp3) is 0.769. The molecule has 1 aromatic heterocycles. The Balaban J connectivity index is 1.89. The lowest BCUT2D eigenvalue weighted by Crippen LogP contribution is -2.37. The van der Waals surface area contributed by atoms with Gasteiger partial charge in [-0.25, -0.2) is 9.59 Å². The molecule has 0 unspecified atom stereocenters. The maximum absolute atomic E-state index is 11.3. The summed E-state index contributed by atoms with van der Waals surface area (Å²) >= 11 is 0. The van der Waals surface area contributed by atoms with E-state index in [1.165, 1.54) is 10.9 Å². The Hall–Kier alpha value is -1.87. The molecular formula is C13H24N3O6+. The minimum absolute atomic E-state index is 0.376. The van der Waals surface area contributed by atoms with Crippen molar-refractivity contribution < 1.29 is 28.2 Å². The van der Waals surface area contributed by atoms with Crippen molar-refractivity contribution in [2.45, 2.75) is 32.9 Å². The van der Waals surface area contributed by atoms with Gasteiger partial charge in [0.2, 0.25) is 0 Å². The Morgan fingerprint density at radius 3 is 2.55 bits per heavy atom. The molecule has 126 valence electrons. The first-order valence-corrected chi connectivity index (χ1v) is 7.07. The highest BCUT2D eigenvalue weighted by molar-refractivity contribution is 5.67. The number of amides is 1. The fourth-order valence-electron chi connectivity index (χ4n) is 1.42. The molecule has 0 fully saturated rings. The van der Waals surface area contributed by atoms with Crippen molar-refractivity contribution >= 4 is 6.09 Å². The van der Waals surface area contributed by atoms with E-state index < -0.39 is 17.3 Å². The Morgan fingerprint density at radius 2 is 1.95 bits per heavy atom. The van der Waals surface area contributed by atoms with Crippen molar-refractivity contribution in [1.82, 2.24) is 10.6 Å². The first-order chi connectivity index (χ1) is 10.4. The molecule has 1 amide bonds. The van der Waals surface area contributed by atoms with E-state index >= 15 is 0 Å². The molecule has 2 N–H and O–H groups in total. The number of hydrogen-bond donors (Lipinski definition) is 2. The van der Waals surface area contributed by atoms with Gasteiger partial charge in [-0.2, -0.15) is 0 Å². The molecule has 9 heteroatoms. The van der Waals surface area contributed by atoms with Crippen molar-refractivity contribution in [3.63, 3.8) is 0 Å². The third-order valence-electron chi connectivity index (χ3n) is 2.29. The second-order valence-electron chi connectivity index (χ2n) is 5.49. The maximum atomic E-state index is 11.3. The molecule has 0 aromatic carbocycles. The molecule has 0 aliphatic rings. The zero-order valence-electron chi connectivity index (χ0n) is 13.2. The molecule has 1 aromatic rings. The number of aromatic amines is 1. The van der Waals surface area contributed by atoms with Gasteiger partial charge in [-0.1, -0.05) is 4.68 Å². The van der Waals surface area contributed by atoms with E-state index in [9.17, 15) is 9.59 Å². The molecule has 0 aliphatic carbocycles. The lowest BCUT2D eigenvalue weighted by Gasteiger charge is -2.19. The highest BCUT2D eigenvalue weighted by atomic mass is 16.6. The van der Waals surface area contributed by atoms with E-state index in [0.29, 0.717) is 39.5 Å². The van der Waals surface area contributed by atoms with Crippen molar-refractivity contribution in [2.24, 2.45) is 0 Å². The summed E-state index contributed by atoms with van der Waals surface area (Å²) in [5.74, 6) is 0. The molecule has 1 rings (SSSR count). The van der Waals surface area contributed by atoms with Crippen LogP contribution in [0.4, 0.5) is 4.79 Å².